The molecule has 0 saturated heterocycles. The van der Waals surface area contributed by atoms with Crippen LogP contribution in [-0.4, -0.2) is 42.3 Å². The van der Waals surface area contributed by atoms with Crippen LogP contribution in [0.3, 0.4) is 0 Å². The third kappa shape index (κ3) is 4.94. The maximum absolute atomic E-state index is 8.83. The van der Waals surface area contributed by atoms with E-state index in [0.29, 0.717) is 0 Å². The van der Waals surface area contributed by atoms with Crippen LogP contribution in [0.25, 0.3) is 0 Å². The van der Waals surface area contributed by atoms with Gasteiger partial charge in [0.1, 0.15) is 0 Å². The first-order chi connectivity index (χ1) is 6.76. The minimum atomic E-state index is -0.0337. The molecule has 1 unspecified atom stereocenters. The van der Waals surface area contributed by atoms with Gasteiger partial charge in [0.25, 0.3) is 0 Å². The third-order valence-electron chi connectivity index (χ3n) is 2.80. The van der Waals surface area contributed by atoms with Crippen molar-refractivity contribution >= 4 is 0 Å². The van der Waals surface area contributed by atoms with E-state index in [9.17, 15) is 0 Å². The summed E-state index contributed by atoms with van der Waals surface area (Å²) in [5.41, 5.74) is 5.69. The minimum absolute atomic E-state index is 0.0337. The first kappa shape index (κ1) is 12.0. The molecule has 0 bridgehead atoms. The average molecular weight is 200 g/mol. The minimum Gasteiger partial charge on any atom is -0.395 e. The lowest BCUT2D eigenvalue weighted by atomic mass is 10.2. The Kier molecular flexibility index (Phi) is 5.45. The molecule has 0 aromatic rings. The zero-order chi connectivity index (χ0) is 10.4. The Morgan fingerprint density at radius 1 is 1.43 bits per heavy atom. The van der Waals surface area contributed by atoms with E-state index in [1.807, 2.05) is 0 Å². The van der Waals surface area contributed by atoms with Gasteiger partial charge in [-0.25, -0.2) is 0 Å². The Hall–Kier alpha value is -0.120. The summed E-state index contributed by atoms with van der Waals surface area (Å²) in [6.45, 7) is 5.79. The summed E-state index contributed by atoms with van der Waals surface area (Å²) in [6.07, 6.45) is 4.95. The molecular formula is C11H24N2O. The molecular weight excluding hydrogens is 176 g/mol. The fourth-order valence-electron chi connectivity index (χ4n) is 1.72. The van der Waals surface area contributed by atoms with Crippen LogP contribution in [0.15, 0.2) is 0 Å². The Labute approximate surface area is 87.3 Å². The molecule has 0 amide bonds. The topological polar surface area (TPSA) is 49.5 Å². The van der Waals surface area contributed by atoms with Crippen LogP contribution < -0.4 is 5.73 Å². The fourth-order valence-corrected chi connectivity index (χ4v) is 1.72. The molecule has 3 N–H and O–H groups in total. The van der Waals surface area contributed by atoms with E-state index < -0.39 is 0 Å². The van der Waals surface area contributed by atoms with Gasteiger partial charge in [-0.3, -0.25) is 0 Å². The number of aliphatic hydroxyl groups is 1. The van der Waals surface area contributed by atoms with Crippen LogP contribution in [0.5, 0.6) is 0 Å². The van der Waals surface area contributed by atoms with Crippen LogP contribution in [-0.2, 0) is 0 Å². The second-order valence-electron chi connectivity index (χ2n) is 4.48. The summed E-state index contributed by atoms with van der Waals surface area (Å²) >= 11 is 0. The Morgan fingerprint density at radius 2 is 2.14 bits per heavy atom. The van der Waals surface area contributed by atoms with Crippen molar-refractivity contribution in [1.29, 1.82) is 0 Å². The maximum Gasteiger partial charge on any atom is 0.0583 e. The third-order valence-corrected chi connectivity index (χ3v) is 2.80. The molecule has 3 nitrogen and oxygen atoms in total. The van der Waals surface area contributed by atoms with Crippen molar-refractivity contribution in [2.75, 3.05) is 26.2 Å². The molecule has 1 aliphatic carbocycles. The lowest BCUT2D eigenvalue weighted by Crippen LogP contribution is -2.34. The second-order valence-corrected chi connectivity index (χ2v) is 4.48. The number of nitrogens with two attached hydrogens (primary N) is 1. The highest BCUT2D eigenvalue weighted by Crippen LogP contribution is 2.29. The van der Waals surface area contributed by atoms with Crippen molar-refractivity contribution in [2.24, 2.45) is 11.7 Å². The summed E-state index contributed by atoms with van der Waals surface area (Å²) in [5, 5.41) is 8.83. The highest BCUT2D eigenvalue weighted by Gasteiger charge is 2.23. The molecule has 0 heterocycles. The van der Waals surface area contributed by atoms with Crippen LogP contribution >= 0.6 is 0 Å². The summed E-state index contributed by atoms with van der Waals surface area (Å²) in [6, 6.07) is -0.0337. The van der Waals surface area contributed by atoms with Crippen LogP contribution in [0.4, 0.5) is 0 Å². The molecule has 1 saturated carbocycles. The van der Waals surface area contributed by atoms with Gasteiger partial charge < -0.3 is 15.7 Å². The van der Waals surface area contributed by atoms with Crippen molar-refractivity contribution in [3.8, 4) is 0 Å². The van der Waals surface area contributed by atoms with Crippen LogP contribution in [0.2, 0.25) is 0 Å². The molecule has 0 spiro atoms. The number of nitrogens with zero attached hydrogens (tertiary/aromatic N) is 1. The monoisotopic (exact) mass is 200 g/mol. The number of hydrogen-bond donors (Lipinski definition) is 2. The van der Waals surface area contributed by atoms with Gasteiger partial charge in [0.15, 0.2) is 0 Å². The largest absolute Gasteiger partial charge is 0.395 e. The molecule has 0 aromatic carbocycles. The van der Waals surface area contributed by atoms with Crippen molar-refractivity contribution in [3.63, 3.8) is 0 Å². The van der Waals surface area contributed by atoms with Crippen molar-refractivity contribution in [1.82, 2.24) is 4.90 Å². The van der Waals surface area contributed by atoms with Gasteiger partial charge in [-0.15, -0.1) is 0 Å². The van der Waals surface area contributed by atoms with E-state index in [0.717, 1.165) is 18.9 Å². The molecule has 0 radical (unpaired) electrons. The molecule has 1 rings (SSSR count). The predicted octanol–water partition coefficient (Wildman–Crippen LogP) is 0.818. The summed E-state index contributed by atoms with van der Waals surface area (Å²) in [7, 11) is 0. The summed E-state index contributed by atoms with van der Waals surface area (Å²) < 4.78 is 0. The molecule has 0 aliphatic heterocycles. The Bertz CT molecular complexity index is 148. The SMILES string of the molecule is CCCN(CCC(N)CO)CC1CC1. The van der Waals surface area contributed by atoms with Gasteiger partial charge in [-0.1, -0.05) is 6.92 Å². The van der Waals surface area contributed by atoms with E-state index >= 15 is 0 Å². The molecule has 0 aromatic heterocycles. The first-order valence-electron chi connectivity index (χ1n) is 5.85. The van der Waals surface area contributed by atoms with Gasteiger partial charge >= 0.3 is 0 Å². The highest BCUT2D eigenvalue weighted by atomic mass is 16.3. The number of rotatable bonds is 8. The quantitative estimate of drug-likeness (QED) is 0.610. The Morgan fingerprint density at radius 3 is 2.64 bits per heavy atom. The van der Waals surface area contributed by atoms with Crippen LogP contribution in [0.1, 0.15) is 32.6 Å². The van der Waals surface area contributed by atoms with Gasteiger partial charge in [0, 0.05) is 12.6 Å². The van der Waals surface area contributed by atoms with E-state index in [2.05, 4.69) is 11.8 Å². The summed E-state index contributed by atoms with van der Waals surface area (Å²) in [4.78, 5) is 2.49. The van der Waals surface area contributed by atoms with E-state index in [1.165, 1.54) is 32.4 Å². The predicted molar refractivity (Wildman–Crippen MR) is 59.1 cm³/mol. The number of aliphatic hydroxyl groups excluding tert-OH is 1. The first-order valence-corrected chi connectivity index (χ1v) is 5.85. The normalized spacial score (nSPS) is 18.9. The van der Waals surface area contributed by atoms with Gasteiger partial charge in [0.2, 0.25) is 0 Å². The van der Waals surface area contributed by atoms with E-state index in [4.69, 9.17) is 10.8 Å². The van der Waals surface area contributed by atoms with E-state index in [1.54, 1.807) is 0 Å². The highest BCUT2D eigenvalue weighted by molar-refractivity contribution is 4.77. The molecule has 1 atom stereocenters. The standard InChI is InChI=1S/C11H24N2O/c1-2-6-13(8-10-3-4-10)7-5-11(12)9-14/h10-11,14H,2-9,12H2,1H3. The zero-order valence-electron chi connectivity index (χ0n) is 9.28. The van der Waals surface area contributed by atoms with Crippen molar-refractivity contribution < 1.29 is 5.11 Å². The van der Waals surface area contributed by atoms with E-state index in [-0.39, 0.29) is 12.6 Å². The summed E-state index contributed by atoms with van der Waals surface area (Å²) in [5.74, 6) is 0.951. The molecule has 3 heteroatoms. The smallest absolute Gasteiger partial charge is 0.0583 e. The van der Waals surface area contributed by atoms with Crippen molar-refractivity contribution in [3.05, 3.63) is 0 Å². The van der Waals surface area contributed by atoms with Crippen LogP contribution in [0, 0.1) is 5.92 Å². The Balaban J connectivity index is 2.12. The molecule has 1 fully saturated rings. The number of hydrogen-bond acceptors (Lipinski definition) is 3. The average Bonchev–Trinajstić information content (AvgIpc) is 2.98. The lowest BCUT2D eigenvalue weighted by molar-refractivity contribution is 0.219. The zero-order valence-corrected chi connectivity index (χ0v) is 9.28. The molecule has 14 heavy (non-hydrogen) atoms. The molecule has 84 valence electrons. The lowest BCUT2D eigenvalue weighted by Gasteiger charge is -2.22. The fraction of sp³-hybridized carbons (Fsp3) is 1.00. The van der Waals surface area contributed by atoms with Gasteiger partial charge in [-0.2, -0.15) is 0 Å². The van der Waals surface area contributed by atoms with Gasteiger partial charge in [0.05, 0.1) is 6.61 Å². The maximum atomic E-state index is 8.83. The molecule has 1 aliphatic rings. The second kappa shape index (κ2) is 6.38. The van der Waals surface area contributed by atoms with Gasteiger partial charge in [-0.05, 0) is 44.7 Å². The van der Waals surface area contributed by atoms with Crippen molar-refractivity contribution in [2.45, 2.75) is 38.6 Å².